The molecule has 1 aromatic carbocycles. The molecule has 1 fully saturated rings. The summed E-state index contributed by atoms with van der Waals surface area (Å²) in [4.78, 5) is 26.2. The number of benzene rings is 1. The highest BCUT2D eigenvalue weighted by Crippen LogP contribution is 2.32. The second kappa shape index (κ2) is 9.33. The minimum absolute atomic E-state index is 0.177. The van der Waals surface area contributed by atoms with E-state index in [1.807, 2.05) is 13.8 Å². The van der Waals surface area contributed by atoms with E-state index in [-0.39, 0.29) is 21.5 Å². The molecule has 0 saturated carbocycles. The number of aromatic nitrogens is 2. The second-order valence-corrected chi connectivity index (χ2v) is 10.3. The topological polar surface area (TPSA) is 86.7 Å². The van der Waals surface area contributed by atoms with Gasteiger partial charge in [0.05, 0.1) is 16.1 Å². The Kier molecular flexibility index (Phi) is 6.69. The average molecular weight is 478 g/mol. The standard InChI is InChI=1S/C22H28ClN5O3S/c1-3-27(4-2)32(30,31)17-9-10-19-16(14-17)8-7-13-28(19)21(29)20-18(23)15-24-22(25-20)26-11-5-6-12-26/h9-10,14-15H,3-8,11-13H2,1-2H3. The van der Waals surface area contributed by atoms with Crippen LogP contribution in [0.25, 0.3) is 0 Å². The summed E-state index contributed by atoms with van der Waals surface area (Å²) in [7, 11) is -3.56. The van der Waals surface area contributed by atoms with Gasteiger partial charge in [-0.25, -0.2) is 18.4 Å². The third-order valence-corrected chi connectivity index (χ3v) is 8.40. The maximum Gasteiger partial charge on any atom is 0.278 e. The maximum absolute atomic E-state index is 13.4. The van der Waals surface area contributed by atoms with Gasteiger partial charge in [0.1, 0.15) is 0 Å². The summed E-state index contributed by atoms with van der Waals surface area (Å²) in [5.41, 5.74) is 1.72. The van der Waals surface area contributed by atoms with Crippen molar-refractivity contribution in [2.45, 2.75) is 44.4 Å². The number of nitrogens with zero attached hydrogens (tertiary/aromatic N) is 5. The van der Waals surface area contributed by atoms with E-state index in [4.69, 9.17) is 11.6 Å². The number of sulfonamides is 1. The molecule has 1 saturated heterocycles. The molecule has 8 nitrogen and oxygen atoms in total. The Bertz CT molecular complexity index is 1110. The van der Waals surface area contributed by atoms with E-state index >= 15 is 0 Å². The third-order valence-electron chi connectivity index (χ3n) is 6.08. The number of amides is 1. The molecule has 0 bridgehead atoms. The van der Waals surface area contributed by atoms with E-state index in [9.17, 15) is 13.2 Å². The molecule has 1 aromatic heterocycles. The highest BCUT2D eigenvalue weighted by atomic mass is 35.5. The highest BCUT2D eigenvalue weighted by Gasteiger charge is 2.30. The van der Waals surface area contributed by atoms with E-state index in [2.05, 4.69) is 14.9 Å². The van der Waals surface area contributed by atoms with Crippen molar-refractivity contribution in [2.24, 2.45) is 0 Å². The number of hydrogen-bond donors (Lipinski definition) is 0. The Hall–Kier alpha value is -2.23. The smallest absolute Gasteiger partial charge is 0.278 e. The Balaban J connectivity index is 1.66. The van der Waals surface area contributed by atoms with Gasteiger partial charge in [-0.1, -0.05) is 25.4 Å². The van der Waals surface area contributed by atoms with Crippen molar-refractivity contribution in [2.75, 3.05) is 42.5 Å². The van der Waals surface area contributed by atoms with Gasteiger partial charge in [-0.15, -0.1) is 0 Å². The molecule has 0 unspecified atom stereocenters. The monoisotopic (exact) mass is 477 g/mol. The van der Waals surface area contributed by atoms with Crippen LogP contribution in [0.2, 0.25) is 5.02 Å². The first-order valence-corrected chi connectivity index (χ1v) is 12.9. The van der Waals surface area contributed by atoms with E-state index in [0.717, 1.165) is 37.9 Å². The van der Waals surface area contributed by atoms with Crippen molar-refractivity contribution in [1.29, 1.82) is 0 Å². The van der Waals surface area contributed by atoms with Gasteiger partial charge < -0.3 is 9.80 Å². The normalized spacial score (nSPS) is 16.5. The largest absolute Gasteiger partial charge is 0.341 e. The number of aryl methyl sites for hydroxylation is 1. The van der Waals surface area contributed by atoms with Crippen LogP contribution in [0.4, 0.5) is 11.6 Å². The summed E-state index contributed by atoms with van der Waals surface area (Å²) in [6.07, 6.45) is 5.08. The minimum atomic E-state index is -3.56. The third kappa shape index (κ3) is 4.21. The van der Waals surface area contributed by atoms with E-state index in [1.165, 1.54) is 10.5 Å². The van der Waals surface area contributed by atoms with Gasteiger partial charge in [0.2, 0.25) is 16.0 Å². The fourth-order valence-corrected chi connectivity index (χ4v) is 6.04. The zero-order valence-electron chi connectivity index (χ0n) is 18.4. The molecule has 10 heteroatoms. The first kappa shape index (κ1) is 22.9. The predicted molar refractivity (Wildman–Crippen MR) is 125 cm³/mol. The fraction of sp³-hybridized carbons (Fsp3) is 0.500. The molecule has 3 heterocycles. The van der Waals surface area contributed by atoms with Crippen LogP contribution in [-0.2, 0) is 16.4 Å². The van der Waals surface area contributed by atoms with Gasteiger partial charge in [-0.05, 0) is 49.4 Å². The van der Waals surface area contributed by atoms with Crippen LogP contribution >= 0.6 is 11.6 Å². The number of rotatable bonds is 6. The molecule has 2 aromatic rings. The molecule has 0 atom stereocenters. The molecule has 0 N–H and O–H groups in total. The number of fused-ring (bicyclic) bond motifs is 1. The van der Waals surface area contributed by atoms with Crippen molar-refractivity contribution < 1.29 is 13.2 Å². The Morgan fingerprint density at radius 2 is 1.84 bits per heavy atom. The van der Waals surface area contributed by atoms with Crippen molar-refractivity contribution in [3.05, 3.63) is 40.7 Å². The lowest BCUT2D eigenvalue weighted by molar-refractivity contribution is 0.0980. The fourth-order valence-electron chi connectivity index (χ4n) is 4.36. The van der Waals surface area contributed by atoms with E-state index in [1.54, 1.807) is 23.1 Å². The predicted octanol–water partition coefficient (Wildman–Crippen LogP) is 3.35. The summed E-state index contributed by atoms with van der Waals surface area (Å²) in [5.74, 6) is 0.228. The lowest BCUT2D eigenvalue weighted by Crippen LogP contribution is -2.37. The molecule has 2 aliphatic heterocycles. The van der Waals surface area contributed by atoms with Crippen molar-refractivity contribution >= 4 is 39.2 Å². The van der Waals surface area contributed by atoms with Gasteiger partial charge in [-0.2, -0.15) is 4.31 Å². The Labute approximate surface area is 194 Å². The first-order valence-electron chi connectivity index (χ1n) is 11.1. The summed E-state index contributed by atoms with van der Waals surface area (Å²) >= 11 is 6.32. The van der Waals surface area contributed by atoms with Gasteiger partial charge in [0, 0.05) is 38.4 Å². The summed E-state index contributed by atoms with van der Waals surface area (Å²) in [5, 5.41) is 0.214. The SMILES string of the molecule is CCN(CC)S(=O)(=O)c1ccc2c(c1)CCCN2C(=O)c1nc(N2CCCC2)ncc1Cl. The zero-order chi connectivity index (χ0) is 22.9. The van der Waals surface area contributed by atoms with Gasteiger partial charge >= 0.3 is 0 Å². The summed E-state index contributed by atoms with van der Waals surface area (Å²) in [6.45, 7) is 6.71. The van der Waals surface area contributed by atoms with Crippen LogP contribution in [0.3, 0.4) is 0 Å². The lowest BCUT2D eigenvalue weighted by atomic mass is 10.0. The lowest BCUT2D eigenvalue weighted by Gasteiger charge is -2.30. The number of halogens is 1. The van der Waals surface area contributed by atoms with Crippen molar-refractivity contribution in [3.8, 4) is 0 Å². The summed E-state index contributed by atoms with van der Waals surface area (Å²) < 4.78 is 27.3. The van der Waals surface area contributed by atoms with Crippen LogP contribution in [0.15, 0.2) is 29.3 Å². The Morgan fingerprint density at radius 3 is 2.53 bits per heavy atom. The van der Waals surface area contributed by atoms with Gasteiger partial charge in [0.15, 0.2) is 5.69 Å². The van der Waals surface area contributed by atoms with Crippen LogP contribution in [-0.4, -0.2) is 61.3 Å². The summed E-state index contributed by atoms with van der Waals surface area (Å²) in [6, 6.07) is 4.99. The molecular formula is C22H28ClN5O3S. The van der Waals surface area contributed by atoms with Crippen molar-refractivity contribution in [3.63, 3.8) is 0 Å². The van der Waals surface area contributed by atoms with Gasteiger partial charge in [-0.3, -0.25) is 4.79 Å². The number of carbonyl (C=O) groups excluding carboxylic acids is 1. The highest BCUT2D eigenvalue weighted by molar-refractivity contribution is 7.89. The van der Waals surface area contributed by atoms with Crippen LogP contribution < -0.4 is 9.80 Å². The molecular weight excluding hydrogens is 450 g/mol. The molecule has 1 amide bonds. The molecule has 32 heavy (non-hydrogen) atoms. The molecule has 0 spiro atoms. The molecule has 0 aliphatic carbocycles. The Morgan fingerprint density at radius 1 is 1.12 bits per heavy atom. The molecule has 172 valence electrons. The quantitative estimate of drug-likeness (QED) is 0.634. The molecule has 0 radical (unpaired) electrons. The minimum Gasteiger partial charge on any atom is -0.341 e. The average Bonchev–Trinajstić information content (AvgIpc) is 3.34. The van der Waals surface area contributed by atoms with Crippen LogP contribution in [0.1, 0.15) is 49.2 Å². The number of anilines is 2. The van der Waals surface area contributed by atoms with Crippen LogP contribution in [0, 0.1) is 0 Å². The van der Waals surface area contributed by atoms with Crippen LogP contribution in [0.5, 0.6) is 0 Å². The zero-order valence-corrected chi connectivity index (χ0v) is 20.0. The van der Waals surface area contributed by atoms with E-state index in [0.29, 0.717) is 37.7 Å². The molecule has 4 rings (SSSR count). The number of hydrogen-bond acceptors (Lipinski definition) is 6. The second-order valence-electron chi connectivity index (χ2n) is 8.00. The van der Waals surface area contributed by atoms with Crippen molar-refractivity contribution in [1.82, 2.24) is 14.3 Å². The van der Waals surface area contributed by atoms with Gasteiger partial charge in [0.25, 0.3) is 5.91 Å². The first-order chi connectivity index (χ1) is 15.4. The number of carbonyl (C=O) groups is 1. The maximum atomic E-state index is 13.4. The van der Waals surface area contributed by atoms with E-state index < -0.39 is 10.0 Å². The molecule has 2 aliphatic rings.